The normalized spacial score (nSPS) is 20.2. The quantitative estimate of drug-likeness (QED) is 0.210. The highest BCUT2D eigenvalue weighted by atomic mass is 19.4. The number of carbonyl (C=O) groups is 3. The Kier molecular flexibility index (Phi) is 9.41. The van der Waals surface area contributed by atoms with E-state index in [-0.39, 0.29) is 29.9 Å². The number of piperidine rings is 1. The Bertz CT molecular complexity index is 2200. The number of aromatic nitrogens is 6. The molecular formula is C37H40F3N11O3. The van der Waals surface area contributed by atoms with Crippen molar-refractivity contribution in [1.82, 2.24) is 39.3 Å². The van der Waals surface area contributed by atoms with Crippen LogP contribution >= 0.6 is 0 Å². The number of hydrogen-bond donors (Lipinski definition) is 2. The van der Waals surface area contributed by atoms with Gasteiger partial charge in [0.05, 0.1) is 18.4 Å². The Hall–Kier alpha value is -5.58. The molecule has 282 valence electrons. The second-order valence-electron chi connectivity index (χ2n) is 14.4. The standard InChI is InChI=1S/C37H40F3N11O3/c1-47(25-9-13-48(14-10-25)27-11-15-49-32(18-27)42-20-34(49)50-16-12-33(52)45-36(50)54)21-23-5-7-26(8-6-23)51-22-24-17-31(41-19-29(24)46-51)44-35(53)28-3-2-4-30(43-28)37(38,39)40/h2-4,11,15,17-20,22-23,25-26H,5-10,12-14,16,21H2,1H3,(H,44,53)(H,45,52,54). The number of imide groups is 1. The number of nitrogens with zero attached hydrogens (tertiary/aromatic N) is 9. The van der Waals surface area contributed by atoms with Crippen LogP contribution in [0.4, 0.5) is 35.3 Å². The fraction of sp³-hybridized carbons (Fsp3) is 0.432. The van der Waals surface area contributed by atoms with Crippen molar-refractivity contribution in [3.8, 4) is 0 Å². The molecule has 1 saturated carbocycles. The molecule has 17 heteroatoms. The van der Waals surface area contributed by atoms with Crippen molar-refractivity contribution in [3.63, 3.8) is 0 Å². The number of alkyl halides is 3. The Morgan fingerprint density at radius 2 is 1.80 bits per heavy atom. The summed E-state index contributed by atoms with van der Waals surface area (Å²) in [6.07, 6.45) is 9.04. The number of halogens is 3. The highest BCUT2D eigenvalue weighted by molar-refractivity contribution is 6.05. The summed E-state index contributed by atoms with van der Waals surface area (Å²) in [6, 6.07) is 9.31. The average Bonchev–Trinajstić information content (AvgIpc) is 3.79. The van der Waals surface area contributed by atoms with Crippen molar-refractivity contribution in [2.45, 2.75) is 63.2 Å². The van der Waals surface area contributed by atoms with Gasteiger partial charge in [-0.25, -0.2) is 19.7 Å². The van der Waals surface area contributed by atoms with Gasteiger partial charge < -0.3 is 15.1 Å². The second kappa shape index (κ2) is 14.3. The number of urea groups is 1. The highest BCUT2D eigenvalue weighted by Gasteiger charge is 2.33. The lowest BCUT2D eigenvalue weighted by molar-refractivity contribution is -0.141. The van der Waals surface area contributed by atoms with Crippen molar-refractivity contribution in [2.75, 3.05) is 48.3 Å². The van der Waals surface area contributed by atoms with Gasteiger partial charge in [-0.05, 0) is 75.8 Å². The fourth-order valence-corrected chi connectivity index (χ4v) is 7.95. The molecule has 2 saturated heterocycles. The lowest BCUT2D eigenvalue weighted by Gasteiger charge is -2.40. The Labute approximate surface area is 308 Å². The van der Waals surface area contributed by atoms with Gasteiger partial charge in [-0.3, -0.25) is 28.9 Å². The summed E-state index contributed by atoms with van der Waals surface area (Å²) in [5, 5.41) is 10.4. The van der Waals surface area contributed by atoms with Gasteiger partial charge in [-0.15, -0.1) is 0 Å². The molecule has 0 aromatic carbocycles. The van der Waals surface area contributed by atoms with Gasteiger partial charge in [0.1, 0.15) is 34.2 Å². The minimum absolute atomic E-state index is 0.210. The SMILES string of the molecule is CN(CC1CCC(n2cc3cc(NC(=O)c4cccc(C(F)(F)F)n4)ncc3n2)CC1)C1CCN(c2ccn3c(N4CCC(=O)NC4=O)cnc3c2)CC1. The molecule has 14 nitrogen and oxygen atoms in total. The third-order valence-electron chi connectivity index (χ3n) is 10.9. The number of hydrogen-bond acceptors (Lipinski definition) is 9. The highest BCUT2D eigenvalue weighted by Crippen LogP contribution is 2.34. The van der Waals surface area contributed by atoms with Crippen molar-refractivity contribution in [3.05, 3.63) is 72.6 Å². The zero-order valence-electron chi connectivity index (χ0n) is 29.7. The van der Waals surface area contributed by atoms with Gasteiger partial charge in [-0.1, -0.05) is 6.07 Å². The first kappa shape index (κ1) is 35.4. The largest absolute Gasteiger partial charge is 0.433 e. The number of fused-ring (bicyclic) bond motifs is 2. The summed E-state index contributed by atoms with van der Waals surface area (Å²) in [5.74, 6) is 0.408. The number of nitrogens with one attached hydrogen (secondary N) is 2. The predicted octanol–water partition coefficient (Wildman–Crippen LogP) is 5.52. The second-order valence-corrected chi connectivity index (χ2v) is 14.4. The third kappa shape index (κ3) is 7.31. The van der Waals surface area contributed by atoms with Gasteiger partial charge in [0.2, 0.25) is 5.91 Å². The maximum Gasteiger partial charge on any atom is 0.433 e. The van der Waals surface area contributed by atoms with Crippen LogP contribution in [0.15, 0.2) is 61.2 Å². The monoisotopic (exact) mass is 743 g/mol. The van der Waals surface area contributed by atoms with Gasteiger partial charge in [-0.2, -0.15) is 18.3 Å². The molecule has 0 spiro atoms. The summed E-state index contributed by atoms with van der Waals surface area (Å²) in [4.78, 5) is 55.3. The fourth-order valence-electron chi connectivity index (χ4n) is 7.95. The molecule has 0 bridgehead atoms. The summed E-state index contributed by atoms with van der Waals surface area (Å²) in [5.41, 5.74) is 1.06. The molecule has 5 aromatic heterocycles. The first-order chi connectivity index (χ1) is 26.0. The van der Waals surface area contributed by atoms with E-state index in [1.165, 1.54) is 6.07 Å². The van der Waals surface area contributed by atoms with Crippen LogP contribution in [-0.4, -0.2) is 91.1 Å². The Balaban J connectivity index is 0.812. The van der Waals surface area contributed by atoms with Crippen LogP contribution in [0.1, 0.15) is 67.2 Å². The summed E-state index contributed by atoms with van der Waals surface area (Å²) in [7, 11) is 2.24. The zero-order chi connectivity index (χ0) is 37.6. The van der Waals surface area contributed by atoms with Crippen LogP contribution in [0.2, 0.25) is 0 Å². The molecule has 3 aliphatic rings. The molecule has 3 fully saturated rings. The molecule has 0 radical (unpaired) electrons. The van der Waals surface area contributed by atoms with E-state index < -0.39 is 23.8 Å². The molecule has 7 heterocycles. The van der Waals surface area contributed by atoms with Gasteiger partial charge in [0, 0.05) is 68.2 Å². The van der Waals surface area contributed by atoms with Crippen molar-refractivity contribution in [1.29, 1.82) is 0 Å². The summed E-state index contributed by atoms with van der Waals surface area (Å²) >= 11 is 0. The molecule has 0 atom stereocenters. The van der Waals surface area contributed by atoms with Crippen LogP contribution in [0.5, 0.6) is 0 Å². The first-order valence-corrected chi connectivity index (χ1v) is 18.2. The number of rotatable bonds is 8. The van der Waals surface area contributed by atoms with E-state index in [1.54, 1.807) is 23.4 Å². The number of anilines is 3. The number of imidazole rings is 1. The number of pyridine rings is 3. The minimum Gasteiger partial charge on any atom is -0.371 e. The van der Waals surface area contributed by atoms with E-state index in [1.807, 2.05) is 21.5 Å². The number of carbonyl (C=O) groups excluding carboxylic acids is 3. The summed E-state index contributed by atoms with van der Waals surface area (Å²) < 4.78 is 43.0. The van der Waals surface area contributed by atoms with E-state index in [4.69, 9.17) is 5.10 Å². The van der Waals surface area contributed by atoms with E-state index in [0.29, 0.717) is 29.8 Å². The third-order valence-corrected chi connectivity index (χ3v) is 10.9. The van der Waals surface area contributed by atoms with Gasteiger partial charge in [0.25, 0.3) is 5.91 Å². The number of amides is 4. The van der Waals surface area contributed by atoms with E-state index >= 15 is 0 Å². The smallest absolute Gasteiger partial charge is 0.371 e. The Morgan fingerprint density at radius 3 is 2.56 bits per heavy atom. The predicted molar refractivity (Wildman–Crippen MR) is 194 cm³/mol. The van der Waals surface area contributed by atoms with Crippen LogP contribution in [-0.2, 0) is 11.0 Å². The van der Waals surface area contributed by atoms with Gasteiger partial charge in [0.15, 0.2) is 0 Å². The van der Waals surface area contributed by atoms with E-state index in [0.717, 1.165) is 87.0 Å². The maximum atomic E-state index is 13.1. The van der Waals surface area contributed by atoms with Crippen molar-refractivity contribution < 1.29 is 27.6 Å². The van der Waals surface area contributed by atoms with Crippen molar-refractivity contribution in [2.24, 2.45) is 5.92 Å². The van der Waals surface area contributed by atoms with Crippen LogP contribution in [0, 0.1) is 5.92 Å². The lowest BCUT2D eigenvalue weighted by atomic mass is 9.85. The zero-order valence-corrected chi connectivity index (χ0v) is 29.7. The molecule has 8 rings (SSSR count). The first-order valence-electron chi connectivity index (χ1n) is 18.2. The van der Waals surface area contributed by atoms with Crippen LogP contribution in [0.3, 0.4) is 0 Å². The molecule has 2 aliphatic heterocycles. The summed E-state index contributed by atoms with van der Waals surface area (Å²) in [6.45, 7) is 3.26. The maximum absolute atomic E-state index is 13.1. The van der Waals surface area contributed by atoms with Crippen LogP contribution in [0.25, 0.3) is 16.6 Å². The molecule has 0 unspecified atom stereocenters. The minimum atomic E-state index is -4.65. The molecular weight excluding hydrogens is 703 g/mol. The molecule has 5 aromatic rings. The van der Waals surface area contributed by atoms with E-state index in [2.05, 4.69) is 54.6 Å². The lowest BCUT2D eigenvalue weighted by Crippen LogP contribution is -2.50. The van der Waals surface area contributed by atoms with Crippen LogP contribution < -0.4 is 20.4 Å². The molecule has 1 aliphatic carbocycles. The van der Waals surface area contributed by atoms with E-state index in [9.17, 15) is 27.6 Å². The Morgan fingerprint density at radius 1 is 1.00 bits per heavy atom. The van der Waals surface area contributed by atoms with Crippen molar-refractivity contribution >= 4 is 51.7 Å². The molecule has 54 heavy (non-hydrogen) atoms. The van der Waals surface area contributed by atoms with Gasteiger partial charge >= 0.3 is 12.2 Å². The average molecular weight is 744 g/mol. The molecule has 2 N–H and O–H groups in total. The molecule has 4 amide bonds. The topological polar surface area (TPSA) is 146 Å².